The Morgan fingerprint density at radius 3 is 2.85 bits per heavy atom. The third-order valence-corrected chi connectivity index (χ3v) is 4.91. The van der Waals surface area contributed by atoms with Gasteiger partial charge in [-0.15, -0.1) is 0 Å². The molecule has 0 atom stereocenters. The number of H-pyrrole nitrogens is 1. The van der Waals surface area contributed by atoms with E-state index in [4.69, 9.17) is 4.74 Å². The van der Waals surface area contributed by atoms with Crippen molar-refractivity contribution in [3.8, 4) is 17.0 Å². The van der Waals surface area contributed by atoms with E-state index in [9.17, 15) is 0 Å². The van der Waals surface area contributed by atoms with Crippen LogP contribution in [0.4, 0.5) is 0 Å². The highest BCUT2D eigenvalue weighted by atomic mass is 16.5. The number of nitrogens with one attached hydrogen (secondary N) is 1. The highest BCUT2D eigenvalue weighted by molar-refractivity contribution is 5.66. The molecule has 0 bridgehead atoms. The summed E-state index contributed by atoms with van der Waals surface area (Å²) < 4.78 is 5.99. The van der Waals surface area contributed by atoms with Crippen LogP contribution in [0, 0.1) is 0 Å². The Hall–Kier alpha value is -2.59. The standard InChI is InChI=1S/C22H25N3O/c1-2-12-25-13-11-21-20(15-25)22(24-23-21)18-9-6-10-19(14-18)26-16-17-7-4-3-5-8-17/h3-10,14H,2,11-13,15-16H2,1H3,(H,23,24). The molecule has 0 unspecified atom stereocenters. The lowest BCUT2D eigenvalue weighted by atomic mass is 10.0. The lowest BCUT2D eigenvalue weighted by Gasteiger charge is -2.26. The van der Waals surface area contributed by atoms with E-state index in [1.165, 1.54) is 23.2 Å². The van der Waals surface area contributed by atoms with Gasteiger partial charge in [0.15, 0.2) is 0 Å². The Kier molecular flexibility index (Phi) is 5.02. The number of hydrogen-bond donors (Lipinski definition) is 1. The predicted molar refractivity (Wildman–Crippen MR) is 104 cm³/mol. The smallest absolute Gasteiger partial charge is 0.120 e. The first-order valence-corrected chi connectivity index (χ1v) is 9.39. The van der Waals surface area contributed by atoms with Gasteiger partial charge in [0, 0.05) is 36.3 Å². The molecule has 1 aliphatic rings. The average molecular weight is 347 g/mol. The molecule has 1 aliphatic heterocycles. The average Bonchev–Trinajstić information content (AvgIpc) is 3.11. The topological polar surface area (TPSA) is 41.2 Å². The summed E-state index contributed by atoms with van der Waals surface area (Å²) in [6.45, 7) is 6.05. The highest BCUT2D eigenvalue weighted by Crippen LogP contribution is 2.30. The van der Waals surface area contributed by atoms with Crippen LogP contribution in [0.1, 0.15) is 30.2 Å². The van der Waals surface area contributed by atoms with Crippen LogP contribution in [-0.2, 0) is 19.6 Å². The summed E-state index contributed by atoms with van der Waals surface area (Å²) in [6.07, 6.45) is 2.23. The first-order valence-electron chi connectivity index (χ1n) is 9.39. The molecule has 4 heteroatoms. The van der Waals surface area contributed by atoms with E-state index in [-0.39, 0.29) is 0 Å². The van der Waals surface area contributed by atoms with E-state index < -0.39 is 0 Å². The van der Waals surface area contributed by atoms with Crippen LogP contribution in [-0.4, -0.2) is 28.2 Å². The van der Waals surface area contributed by atoms with Gasteiger partial charge >= 0.3 is 0 Å². The zero-order chi connectivity index (χ0) is 17.8. The highest BCUT2D eigenvalue weighted by Gasteiger charge is 2.22. The van der Waals surface area contributed by atoms with Gasteiger partial charge in [0.2, 0.25) is 0 Å². The molecule has 0 aliphatic carbocycles. The normalized spacial score (nSPS) is 14.2. The monoisotopic (exact) mass is 347 g/mol. The van der Waals surface area contributed by atoms with Crippen molar-refractivity contribution >= 4 is 0 Å². The number of fused-ring (bicyclic) bond motifs is 1. The quantitative estimate of drug-likeness (QED) is 0.717. The summed E-state index contributed by atoms with van der Waals surface area (Å²) in [5.41, 5.74) is 5.97. The van der Waals surface area contributed by atoms with Gasteiger partial charge in [-0.25, -0.2) is 0 Å². The number of rotatable bonds is 6. The van der Waals surface area contributed by atoms with Crippen molar-refractivity contribution < 1.29 is 4.74 Å². The van der Waals surface area contributed by atoms with Gasteiger partial charge in [-0.1, -0.05) is 49.4 Å². The first-order chi connectivity index (χ1) is 12.8. The zero-order valence-electron chi connectivity index (χ0n) is 15.2. The third kappa shape index (κ3) is 3.65. The molecule has 134 valence electrons. The van der Waals surface area contributed by atoms with Crippen molar-refractivity contribution in [2.75, 3.05) is 13.1 Å². The molecule has 26 heavy (non-hydrogen) atoms. The Morgan fingerprint density at radius 1 is 1.12 bits per heavy atom. The van der Waals surface area contributed by atoms with Gasteiger partial charge in [0.1, 0.15) is 12.4 Å². The van der Waals surface area contributed by atoms with Crippen molar-refractivity contribution in [2.45, 2.75) is 32.9 Å². The van der Waals surface area contributed by atoms with Gasteiger partial charge in [-0.2, -0.15) is 5.10 Å². The summed E-state index contributed by atoms with van der Waals surface area (Å²) in [5.74, 6) is 0.879. The Morgan fingerprint density at radius 2 is 2.00 bits per heavy atom. The maximum atomic E-state index is 5.99. The molecule has 0 fully saturated rings. The fourth-order valence-electron chi connectivity index (χ4n) is 3.57. The Balaban J connectivity index is 1.53. The summed E-state index contributed by atoms with van der Waals surface area (Å²) >= 11 is 0. The van der Waals surface area contributed by atoms with Crippen LogP contribution < -0.4 is 4.74 Å². The van der Waals surface area contributed by atoms with Crippen molar-refractivity contribution in [3.63, 3.8) is 0 Å². The van der Waals surface area contributed by atoms with E-state index in [1.54, 1.807) is 0 Å². The number of ether oxygens (including phenoxy) is 1. The maximum Gasteiger partial charge on any atom is 0.120 e. The van der Waals surface area contributed by atoms with E-state index in [2.05, 4.69) is 46.3 Å². The molecule has 1 N–H and O–H groups in total. The van der Waals surface area contributed by atoms with Crippen molar-refractivity contribution in [2.24, 2.45) is 0 Å². The summed E-state index contributed by atoms with van der Waals surface area (Å²) in [4.78, 5) is 2.51. The van der Waals surface area contributed by atoms with Gasteiger partial charge in [-0.3, -0.25) is 10.00 Å². The molecule has 1 aromatic heterocycles. The van der Waals surface area contributed by atoms with Gasteiger partial charge in [0.05, 0.1) is 5.69 Å². The minimum Gasteiger partial charge on any atom is -0.489 e. The molecule has 2 heterocycles. The number of aromatic amines is 1. The SMILES string of the molecule is CCCN1CCc2[nH]nc(-c3cccc(OCc4ccccc4)c3)c2C1. The molecule has 0 amide bonds. The van der Waals surface area contributed by atoms with Crippen LogP contribution in [0.25, 0.3) is 11.3 Å². The summed E-state index contributed by atoms with van der Waals surface area (Å²) in [6, 6.07) is 18.5. The van der Waals surface area contributed by atoms with Crippen molar-refractivity contribution in [1.29, 1.82) is 0 Å². The van der Waals surface area contributed by atoms with Crippen LogP contribution in [0.2, 0.25) is 0 Å². The number of aromatic nitrogens is 2. The number of benzene rings is 2. The van der Waals surface area contributed by atoms with Crippen LogP contribution in [0.3, 0.4) is 0 Å². The third-order valence-electron chi connectivity index (χ3n) is 4.91. The molecule has 0 saturated heterocycles. The fourth-order valence-corrected chi connectivity index (χ4v) is 3.57. The fraction of sp³-hybridized carbons (Fsp3) is 0.318. The molecule has 4 nitrogen and oxygen atoms in total. The molecule has 0 saturated carbocycles. The van der Waals surface area contributed by atoms with E-state index in [0.717, 1.165) is 43.1 Å². The largest absolute Gasteiger partial charge is 0.489 e. The lowest BCUT2D eigenvalue weighted by molar-refractivity contribution is 0.254. The second-order valence-electron chi connectivity index (χ2n) is 6.86. The van der Waals surface area contributed by atoms with E-state index in [1.807, 2.05) is 30.3 Å². The second-order valence-corrected chi connectivity index (χ2v) is 6.86. The van der Waals surface area contributed by atoms with Crippen LogP contribution >= 0.6 is 0 Å². The second kappa shape index (κ2) is 7.75. The van der Waals surface area contributed by atoms with Crippen molar-refractivity contribution in [1.82, 2.24) is 15.1 Å². The summed E-state index contributed by atoms with van der Waals surface area (Å²) in [7, 11) is 0. The minimum atomic E-state index is 0.577. The molecule has 3 aromatic rings. The van der Waals surface area contributed by atoms with Crippen LogP contribution in [0.5, 0.6) is 5.75 Å². The van der Waals surface area contributed by atoms with Gasteiger partial charge in [0.25, 0.3) is 0 Å². The lowest BCUT2D eigenvalue weighted by Crippen LogP contribution is -2.31. The molecular formula is C22H25N3O. The molecule has 0 spiro atoms. The molecular weight excluding hydrogens is 322 g/mol. The number of nitrogens with zero attached hydrogens (tertiary/aromatic N) is 2. The molecule has 4 rings (SSSR count). The first kappa shape index (κ1) is 16.9. The maximum absolute atomic E-state index is 5.99. The summed E-state index contributed by atoms with van der Waals surface area (Å²) in [5, 5.41) is 7.86. The minimum absolute atomic E-state index is 0.577. The Bertz CT molecular complexity index is 857. The predicted octanol–water partition coefficient (Wildman–Crippen LogP) is 4.42. The van der Waals surface area contributed by atoms with Crippen molar-refractivity contribution in [3.05, 3.63) is 71.4 Å². The number of hydrogen-bond acceptors (Lipinski definition) is 3. The van der Waals surface area contributed by atoms with Crippen LogP contribution in [0.15, 0.2) is 54.6 Å². The molecule has 0 radical (unpaired) electrons. The zero-order valence-corrected chi connectivity index (χ0v) is 15.2. The van der Waals surface area contributed by atoms with E-state index >= 15 is 0 Å². The van der Waals surface area contributed by atoms with E-state index in [0.29, 0.717) is 6.61 Å². The van der Waals surface area contributed by atoms with Gasteiger partial charge < -0.3 is 4.74 Å². The Labute approximate surface area is 154 Å². The molecule has 2 aromatic carbocycles. The van der Waals surface area contributed by atoms with Gasteiger partial charge in [-0.05, 0) is 30.7 Å².